The quantitative estimate of drug-likeness (QED) is 0.374. The van der Waals surface area contributed by atoms with Crippen LogP contribution in [0, 0.1) is 0 Å². The molecule has 1 aliphatic rings. The Balaban J connectivity index is 2.25. The number of rotatable bonds is 3. The van der Waals surface area contributed by atoms with Gasteiger partial charge in [0.15, 0.2) is 0 Å². The van der Waals surface area contributed by atoms with Crippen LogP contribution in [0.3, 0.4) is 0 Å². The number of thiophene rings is 1. The standard InChI is InChI=1S/C10H11IN2O2S/c1-6(14)13-10(11,7-2-3-16-5-7)8-4-9(15)12-8/h2-3,5,8H,4H2,1H3,(H,12,15)(H,13,14). The number of amides is 2. The first kappa shape index (κ1) is 11.8. The van der Waals surface area contributed by atoms with E-state index in [-0.39, 0.29) is 17.9 Å². The highest BCUT2D eigenvalue weighted by molar-refractivity contribution is 14.1. The lowest BCUT2D eigenvalue weighted by atomic mass is 9.93. The van der Waals surface area contributed by atoms with E-state index in [0.29, 0.717) is 6.42 Å². The number of hydrogen-bond donors (Lipinski definition) is 2. The van der Waals surface area contributed by atoms with Crippen LogP contribution in [0.4, 0.5) is 0 Å². The SMILES string of the molecule is CC(=O)NC(I)(c1ccsc1)C1CC(=O)N1. The Morgan fingerprint density at radius 1 is 1.75 bits per heavy atom. The summed E-state index contributed by atoms with van der Waals surface area (Å²) in [5.41, 5.74) is 1.03. The number of carbonyl (C=O) groups is 2. The minimum atomic E-state index is -0.530. The Labute approximate surface area is 111 Å². The lowest BCUT2D eigenvalue weighted by molar-refractivity contribution is -0.130. The zero-order valence-electron chi connectivity index (χ0n) is 8.62. The normalized spacial score (nSPS) is 22.9. The van der Waals surface area contributed by atoms with Gasteiger partial charge in [-0.25, -0.2) is 0 Å². The maximum Gasteiger partial charge on any atom is 0.222 e. The fourth-order valence-electron chi connectivity index (χ4n) is 1.69. The first-order valence-electron chi connectivity index (χ1n) is 4.82. The molecule has 1 aromatic rings. The summed E-state index contributed by atoms with van der Waals surface area (Å²) < 4.78 is -0.530. The molecule has 0 saturated carbocycles. The monoisotopic (exact) mass is 350 g/mol. The van der Waals surface area contributed by atoms with E-state index < -0.39 is 3.55 Å². The van der Waals surface area contributed by atoms with Gasteiger partial charge in [0.05, 0.1) is 12.5 Å². The molecule has 0 bridgehead atoms. The molecule has 1 fully saturated rings. The van der Waals surface area contributed by atoms with E-state index in [1.807, 2.05) is 16.8 Å². The van der Waals surface area contributed by atoms with Crippen molar-refractivity contribution in [2.75, 3.05) is 0 Å². The summed E-state index contributed by atoms with van der Waals surface area (Å²) in [5, 5.41) is 9.70. The van der Waals surface area contributed by atoms with E-state index in [2.05, 4.69) is 33.2 Å². The molecule has 86 valence electrons. The molecule has 2 unspecified atom stereocenters. The minimum Gasteiger partial charge on any atom is -0.349 e. The third-order valence-corrected chi connectivity index (χ3v) is 4.83. The number of nitrogens with one attached hydrogen (secondary N) is 2. The van der Waals surface area contributed by atoms with Gasteiger partial charge in [-0.3, -0.25) is 9.59 Å². The molecule has 4 nitrogen and oxygen atoms in total. The fourth-order valence-corrected chi connectivity index (χ4v) is 3.70. The molecule has 2 rings (SSSR count). The Hall–Kier alpha value is -0.630. The predicted octanol–water partition coefficient (Wildman–Crippen LogP) is 1.36. The van der Waals surface area contributed by atoms with Crippen molar-refractivity contribution in [1.82, 2.24) is 10.6 Å². The van der Waals surface area contributed by atoms with Crippen molar-refractivity contribution in [3.05, 3.63) is 22.4 Å². The van der Waals surface area contributed by atoms with E-state index in [1.165, 1.54) is 6.92 Å². The van der Waals surface area contributed by atoms with Crippen LogP contribution in [-0.2, 0) is 13.1 Å². The summed E-state index contributed by atoms with van der Waals surface area (Å²) in [7, 11) is 0. The van der Waals surface area contributed by atoms with Crippen LogP contribution in [0.5, 0.6) is 0 Å². The number of carbonyl (C=O) groups excluding carboxylic acids is 2. The van der Waals surface area contributed by atoms with Crippen LogP contribution in [0.1, 0.15) is 18.9 Å². The Morgan fingerprint density at radius 2 is 2.44 bits per heavy atom. The van der Waals surface area contributed by atoms with Crippen molar-refractivity contribution in [1.29, 1.82) is 0 Å². The summed E-state index contributed by atoms with van der Waals surface area (Å²) >= 11 is 3.78. The molecule has 2 N–H and O–H groups in total. The Morgan fingerprint density at radius 3 is 2.88 bits per heavy atom. The average Bonchev–Trinajstić information content (AvgIpc) is 2.64. The second-order valence-electron chi connectivity index (χ2n) is 3.73. The molecule has 0 aromatic carbocycles. The highest BCUT2D eigenvalue weighted by Gasteiger charge is 2.45. The fraction of sp³-hybridized carbons (Fsp3) is 0.400. The van der Waals surface area contributed by atoms with Gasteiger partial charge in [-0.1, -0.05) is 0 Å². The zero-order valence-corrected chi connectivity index (χ0v) is 11.6. The number of halogens is 1. The van der Waals surface area contributed by atoms with Gasteiger partial charge in [-0.05, 0) is 39.4 Å². The third-order valence-electron chi connectivity index (χ3n) is 2.50. The summed E-state index contributed by atoms with van der Waals surface area (Å²) in [6.45, 7) is 1.49. The Kier molecular flexibility index (Phi) is 3.20. The summed E-state index contributed by atoms with van der Waals surface area (Å²) in [5.74, 6) is -0.0617. The van der Waals surface area contributed by atoms with Crippen molar-refractivity contribution in [2.24, 2.45) is 0 Å². The van der Waals surface area contributed by atoms with Crippen molar-refractivity contribution >= 4 is 45.7 Å². The van der Waals surface area contributed by atoms with Gasteiger partial charge >= 0.3 is 0 Å². The molecule has 1 aliphatic heterocycles. The van der Waals surface area contributed by atoms with Crippen LogP contribution in [0.25, 0.3) is 0 Å². The van der Waals surface area contributed by atoms with Crippen LogP contribution in [0.2, 0.25) is 0 Å². The molecule has 2 amide bonds. The van der Waals surface area contributed by atoms with Crippen LogP contribution in [-0.4, -0.2) is 17.9 Å². The average molecular weight is 350 g/mol. The molecule has 1 saturated heterocycles. The van der Waals surface area contributed by atoms with Gasteiger partial charge in [-0.15, -0.1) is 0 Å². The zero-order chi connectivity index (χ0) is 11.8. The van der Waals surface area contributed by atoms with Gasteiger partial charge < -0.3 is 10.6 Å². The molecule has 0 aliphatic carbocycles. The van der Waals surface area contributed by atoms with Gasteiger partial charge in [-0.2, -0.15) is 11.3 Å². The number of β-lactam (4-membered cyclic amide) rings is 1. The van der Waals surface area contributed by atoms with Crippen LogP contribution >= 0.6 is 33.9 Å². The Bertz CT molecular complexity index is 412. The molecular formula is C10H11IN2O2S. The highest BCUT2D eigenvalue weighted by Crippen LogP contribution is 2.38. The number of alkyl halides is 1. The summed E-state index contributed by atoms with van der Waals surface area (Å²) in [6.07, 6.45) is 0.457. The molecular weight excluding hydrogens is 339 g/mol. The van der Waals surface area contributed by atoms with Crippen molar-refractivity contribution in [2.45, 2.75) is 22.9 Å². The maximum absolute atomic E-state index is 11.3. The van der Waals surface area contributed by atoms with Gasteiger partial charge in [0.25, 0.3) is 0 Å². The molecule has 2 atom stereocenters. The molecule has 6 heteroatoms. The van der Waals surface area contributed by atoms with Gasteiger partial charge in [0.2, 0.25) is 11.8 Å². The lowest BCUT2D eigenvalue weighted by Crippen LogP contribution is -2.63. The molecule has 1 aromatic heterocycles. The highest BCUT2D eigenvalue weighted by atomic mass is 127. The van der Waals surface area contributed by atoms with E-state index in [9.17, 15) is 9.59 Å². The van der Waals surface area contributed by atoms with E-state index in [4.69, 9.17) is 0 Å². The van der Waals surface area contributed by atoms with Crippen molar-refractivity contribution in [3.8, 4) is 0 Å². The van der Waals surface area contributed by atoms with Crippen molar-refractivity contribution in [3.63, 3.8) is 0 Å². The third kappa shape index (κ3) is 2.08. The first-order valence-corrected chi connectivity index (χ1v) is 6.84. The predicted molar refractivity (Wildman–Crippen MR) is 70.4 cm³/mol. The summed E-state index contributed by atoms with van der Waals surface area (Å²) in [6, 6.07) is 1.94. The lowest BCUT2D eigenvalue weighted by Gasteiger charge is -2.41. The van der Waals surface area contributed by atoms with Crippen LogP contribution < -0.4 is 10.6 Å². The number of hydrogen-bond acceptors (Lipinski definition) is 3. The minimum absolute atomic E-state index is 0.0286. The molecule has 2 heterocycles. The molecule has 16 heavy (non-hydrogen) atoms. The van der Waals surface area contributed by atoms with E-state index >= 15 is 0 Å². The second-order valence-corrected chi connectivity index (χ2v) is 6.21. The van der Waals surface area contributed by atoms with Crippen LogP contribution in [0.15, 0.2) is 16.8 Å². The van der Waals surface area contributed by atoms with E-state index in [1.54, 1.807) is 11.3 Å². The summed E-state index contributed by atoms with van der Waals surface area (Å²) in [4.78, 5) is 22.2. The first-order chi connectivity index (χ1) is 7.52. The van der Waals surface area contributed by atoms with Crippen molar-refractivity contribution < 1.29 is 9.59 Å². The maximum atomic E-state index is 11.3. The molecule has 0 radical (unpaired) electrons. The smallest absolute Gasteiger partial charge is 0.222 e. The van der Waals surface area contributed by atoms with E-state index in [0.717, 1.165) is 5.56 Å². The topological polar surface area (TPSA) is 58.2 Å². The van der Waals surface area contributed by atoms with Gasteiger partial charge in [0.1, 0.15) is 3.55 Å². The second kappa shape index (κ2) is 4.33. The van der Waals surface area contributed by atoms with Gasteiger partial charge in [0, 0.05) is 12.5 Å². The molecule has 0 spiro atoms. The largest absolute Gasteiger partial charge is 0.349 e.